The van der Waals surface area contributed by atoms with Crippen molar-refractivity contribution in [3.8, 4) is 5.75 Å². The molecule has 1 aliphatic carbocycles. The first-order valence-electron chi connectivity index (χ1n) is 9.11. The first-order chi connectivity index (χ1) is 13.3. The number of ether oxygens (including phenoxy) is 1. The Morgan fingerprint density at radius 3 is 2.78 bits per heavy atom. The number of hydrogen-bond donors (Lipinski definition) is 1. The minimum Gasteiger partial charge on any atom is -0.486 e. The molecule has 1 saturated carbocycles. The van der Waals surface area contributed by atoms with E-state index in [2.05, 4.69) is 20.8 Å². The Balaban J connectivity index is 1.36. The Hall–Kier alpha value is -3.22. The van der Waals surface area contributed by atoms with Crippen LogP contribution in [0.5, 0.6) is 5.75 Å². The molecule has 7 nitrogen and oxygen atoms in total. The molecule has 1 amide bonds. The maximum Gasteiger partial charge on any atom is 0.251 e. The fourth-order valence-electron chi connectivity index (χ4n) is 2.98. The zero-order valence-electron chi connectivity index (χ0n) is 14.9. The molecule has 4 rings (SSSR count). The second kappa shape index (κ2) is 7.99. The van der Waals surface area contributed by atoms with Crippen molar-refractivity contribution in [2.45, 2.75) is 38.5 Å². The number of hydrogen-bond acceptors (Lipinski definition) is 5. The van der Waals surface area contributed by atoms with Gasteiger partial charge in [-0.2, -0.15) is 0 Å². The van der Waals surface area contributed by atoms with Crippen molar-refractivity contribution >= 4 is 5.91 Å². The second-order valence-corrected chi connectivity index (χ2v) is 6.61. The Kier molecular flexibility index (Phi) is 5.09. The van der Waals surface area contributed by atoms with Crippen LogP contribution in [0.4, 0.5) is 0 Å². The summed E-state index contributed by atoms with van der Waals surface area (Å²) in [4.78, 5) is 12.4. The van der Waals surface area contributed by atoms with Gasteiger partial charge in [0, 0.05) is 12.1 Å². The Morgan fingerprint density at radius 1 is 1.15 bits per heavy atom. The molecule has 0 spiro atoms. The van der Waals surface area contributed by atoms with E-state index >= 15 is 0 Å². The molecule has 1 fully saturated rings. The van der Waals surface area contributed by atoms with Gasteiger partial charge in [-0.3, -0.25) is 4.79 Å². The summed E-state index contributed by atoms with van der Waals surface area (Å²) in [6.07, 6.45) is 3.43. The fourth-order valence-corrected chi connectivity index (χ4v) is 2.98. The van der Waals surface area contributed by atoms with E-state index in [1.807, 2.05) is 47.1 Å². The summed E-state index contributed by atoms with van der Waals surface area (Å²) >= 11 is 0. The first kappa shape index (κ1) is 17.2. The van der Waals surface area contributed by atoms with Gasteiger partial charge in [0.25, 0.3) is 5.91 Å². The van der Waals surface area contributed by atoms with Gasteiger partial charge in [-0.25, -0.2) is 4.68 Å². The maximum absolute atomic E-state index is 12.4. The number of carbonyl (C=O) groups is 1. The fraction of sp³-hybridized carbons (Fsp3) is 0.300. The van der Waals surface area contributed by atoms with Crippen LogP contribution in [0.25, 0.3) is 0 Å². The minimum atomic E-state index is -0.136. The molecule has 0 atom stereocenters. The Bertz CT molecular complexity index is 906. The average molecular weight is 363 g/mol. The predicted molar refractivity (Wildman–Crippen MR) is 99.1 cm³/mol. The normalized spacial score (nSPS) is 13.8. The van der Waals surface area contributed by atoms with Crippen LogP contribution in [0.3, 0.4) is 0 Å². The molecule has 2 aromatic carbocycles. The maximum atomic E-state index is 12.4. The summed E-state index contributed by atoms with van der Waals surface area (Å²) < 4.78 is 7.67. The largest absolute Gasteiger partial charge is 0.486 e. The molecule has 3 aromatic rings. The molecule has 1 aliphatic rings. The van der Waals surface area contributed by atoms with Gasteiger partial charge in [0.1, 0.15) is 12.4 Å². The first-order valence-corrected chi connectivity index (χ1v) is 9.11. The van der Waals surface area contributed by atoms with Gasteiger partial charge in [0.15, 0.2) is 5.82 Å². The van der Waals surface area contributed by atoms with Crippen molar-refractivity contribution in [3.05, 3.63) is 71.5 Å². The summed E-state index contributed by atoms with van der Waals surface area (Å²) in [5.74, 6) is 1.19. The number of benzene rings is 2. The summed E-state index contributed by atoms with van der Waals surface area (Å²) in [6, 6.07) is 17.3. The minimum absolute atomic E-state index is 0.136. The van der Waals surface area contributed by atoms with Crippen molar-refractivity contribution in [2.24, 2.45) is 0 Å². The third kappa shape index (κ3) is 4.13. The van der Waals surface area contributed by atoms with E-state index in [1.54, 1.807) is 12.1 Å². The van der Waals surface area contributed by atoms with Gasteiger partial charge in [0.05, 0.1) is 6.04 Å². The van der Waals surface area contributed by atoms with Crippen LogP contribution in [-0.2, 0) is 13.2 Å². The number of rotatable bonds is 7. The van der Waals surface area contributed by atoms with Crippen molar-refractivity contribution in [2.75, 3.05) is 0 Å². The third-order valence-electron chi connectivity index (χ3n) is 4.74. The highest BCUT2D eigenvalue weighted by Gasteiger charge is 2.23. The molecule has 0 aliphatic heterocycles. The number of nitrogens with one attached hydrogen (secondary N) is 1. The van der Waals surface area contributed by atoms with Crippen LogP contribution in [0.15, 0.2) is 54.6 Å². The predicted octanol–water partition coefficient (Wildman–Crippen LogP) is 2.91. The lowest BCUT2D eigenvalue weighted by atomic mass is 9.93. The number of amides is 1. The van der Waals surface area contributed by atoms with Crippen LogP contribution >= 0.6 is 0 Å². The molecule has 1 heterocycles. The van der Waals surface area contributed by atoms with E-state index in [0.717, 1.165) is 18.4 Å². The van der Waals surface area contributed by atoms with Gasteiger partial charge >= 0.3 is 0 Å². The lowest BCUT2D eigenvalue weighted by molar-refractivity contribution is 0.0950. The third-order valence-corrected chi connectivity index (χ3v) is 4.74. The second-order valence-electron chi connectivity index (χ2n) is 6.61. The highest BCUT2D eigenvalue weighted by atomic mass is 16.5. The van der Waals surface area contributed by atoms with E-state index in [1.165, 1.54) is 6.42 Å². The Morgan fingerprint density at radius 2 is 2.00 bits per heavy atom. The van der Waals surface area contributed by atoms with Gasteiger partial charge in [-0.1, -0.05) is 36.4 Å². The lowest BCUT2D eigenvalue weighted by Crippen LogP contribution is -2.23. The van der Waals surface area contributed by atoms with Crippen LogP contribution in [0.1, 0.15) is 47.1 Å². The van der Waals surface area contributed by atoms with Crippen molar-refractivity contribution in [3.63, 3.8) is 0 Å². The Labute approximate surface area is 157 Å². The monoisotopic (exact) mass is 363 g/mol. The summed E-state index contributed by atoms with van der Waals surface area (Å²) in [5, 5.41) is 14.8. The molecule has 0 bridgehead atoms. The highest BCUT2D eigenvalue weighted by Crippen LogP contribution is 2.31. The van der Waals surface area contributed by atoms with E-state index in [9.17, 15) is 4.79 Å². The van der Waals surface area contributed by atoms with Crippen LogP contribution in [-0.4, -0.2) is 26.1 Å². The van der Waals surface area contributed by atoms with Gasteiger partial charge in [-0.05, 0) is 53.5 Å². The number of tetrazole rings is 1. The summed E-state index contributed by atoms with van der Waals surface area (Å²) in [6.45, 7) is 0.763. The zero-order valence-corrected chi connectivity index (χ0v) is 14.9. The smallest absolute Gasteiger partial charge is 0.251 e. The van der Waals surface area contributed by atoms with Gasteiger partial charge < -0.3 is 10.1 Å². The number of nitrogens with zero attached hydrogens (tertiary/aromatic N) is 4. The summed E-state index contributed by atoms with van der Waals surface area (Å²) in [7, 11) is 0. The highest BCUT2D eigenvalue weighted by molar-refractivity contribution is 5.94. The topological polar surface area (TPSA) is 81.9 Å². The molecule has 0 saturated heterocycles. The molecule has 1 aromatic heterocycles. The van der Waals surface area contributed by atoms with E-state index in [-0.39, 0.29) is 12.5 Å². The van der Waals surface area contributed by atoms with Crippen LogP contribution in [0.2, 0.25) is 0 Å². The molecule has 27 heavy (non-hydrogen) atoms. The molecule has 1 N–H and O–H groups in total. The van der Waals surface area contributed by atoms with E-state index < -0.39 is 0 Å². The lowest BCUT2D eigenvalue weighted by Gasteiger charge is -2.25. The summed E-state index contributed by atoms with van der Waals surface area (Å²) in [5.41, 5.74) is 1.61. The SMILES string of the molecule is O=C(NCc1ccccc1)c1cccc(OCc2nnnn2C2CCC2)c1. The van der Waals surface area contributed by atoms with Gasteiger partial charge in [0.2, 0.25) is 0 Å². The molecule has 0 unspecified atom stereocenters. The number of aromatic nitrogens is 4. The molecule has 7 heteroatoms. The van der Waals surface area contributed by atoms with Crippen molar-refractivity contribution in [1.82, 2.24) is 25.5 Å². The molecular weight excluding hydrogens is 342 g/mol. The van der Waals surface area contributed by atoms with Crippen molar-refractivity contribution in [1.29, 1.82) is 0 Å². The van der Waals surface area contributed by atoms with Crippen LogP contribution in [0, 0.1) is 0 Å². The average Bonchev–Trinajstić information content (AvgIpc) is 3.12. The van der Waals surface area contributed by atoms with E-state index in [0.29, 0.717) is 29.7 Å². The molecule has 0 radical (unpaired) electrons. The van der Waals surface area contributed by atoms with E-state index in [4.69, 9.17) is 4.74 Å². The quantitative estimate of drug-likeness (QED) is 0.698. The molecular formula is C20H21N5O2. The van der Waals surface area contributed by atoms with Crippen LogP contribution < -0.4 is 10.1 Å². The van der Waals surface area contributed by atoms with Crippen molar-refractivity contribution < 1.29 is 9.53 Å². The zero-order chi connectivity index (χ0) is 18.5. The number of carbonyl (C=O) groups excluding carboxylic acids is 1. The van der Waals surface area contributed by atoms with Gasteiger partial charge in [-0.15, -0.1) is 5.10 Å². The standard InChI is InChI=1S/C20H21N5O2/c26-20(21-13-15-6-2-1-3-7-15)16-8-4-11-18(12-16)27-14-19-22-23-24-25(19)17-9-5-10-17/h1-4,6-8,11-12,17H,5,9-10,13-14H2,(H,21,26). The molecule has 138 valence electrons.